The Morgan fingerprint density at radius 3 is 2.71 bits per heavy atom. The molecular formula is C23H24F2N8O. The lowest BCUT2D eigenvalue weighted by atomic mass is 10.2. The van der Waals surface area contributed by atoms with Crippen LogP contribution in [-0.2, 0) is 0 Å². The molecule has 0 amide bonds. The SMILES string of the molecule is C/C=C\c1cc(Nc2cc(N3CCNCC3)nc(Oc3c(F)cc4[nH]c(C)cc4c3F)n2)n[nH]1. The lowest BCUT2D eigenvalue weighted by Gasteiger charge is -2.28. The molecule has 4 heterocycles. The van der Waals surface area contributed by atoms with E-state index in [-0.39, 0.29) is 11.4 Å². The third-order valence-electron chi connectivity index (χ3n) is 5.43. The third kappa shape index (κ3) is 4.42. The van der Waals surface area contributed by atoms with Crippen molar-refractivity contribution in [3.63, 3.8) is 0 Å². The van der Waals surface area contributed by atoms with Gasteiger partial charge in [0.1, 0.15) is 11.6 Å². The van der Waals surface area contributed by atoms with Crippen molar-refractivity contribution >= 4 is 34.4 Å². The highest BCUT2D eigenvalue weighted by atomic mass is 19.1. The molecule has 0 radical (unpaired) electrons. The number of allylic oxidation sites excluding steroid dienone is 1. The third-order valence-corrected chi connectivity index (χ3v) is 5.43. The van der Waals surface area contributed by atoms with Crippen LogP contribution in [0.5, 0.6) is 11.8 Å². The van der Waals surface area contributed by atoms with Crippen LogP contribution in [0.25, 0.3) is 17.0 Å². The van der Waals surface area contributed by atoms with Gasteiger partial charge in [0.15, 0.2) is 17.5 Å². The Bertz CT molecular complexity index is 1360. The standard InChI is InChI=1S/C23H24F2N8O/c1-3-4-14-10-19(32-31-14)28-18-12-20(33-7-5-26-6-8-33)30-23(29-18)34-22-16(24)11-17-15(21(22)25)9-13(2)27-17/h3-4,9-12,26-27H,5-8H2,1-2H3,(H2,28,29,30,31,32)/b4-3-. The number of hydrogen-bond donors (Lipinski definition) is 4. The highest BCUT2D eigenvalue weighted by Crippen LogP contribution is 2.33. The van der Waals surface area contributed by atoms with Gasteiger partial charge in [0.2, 0.25) is 5.75 Å². The summed E-state index contributed by atoms with van der Waals surface area (Å²) >= 11 is 0. The molecule has 5 rings (SSSR count). The minimum Gasteiger partial charge on any atom is -0.418 e. The van der Waals surface area contributed by atoms with Gasteiger partial charge < -0.3 is 25.3 Å². The Morgan fingerprint density at radius 2 is 1.91 bits per heavy atom. The summed E-state index contributed by atoms with van der Waals surface area (Å²) in [5.74, 6) is -0.709. The van der Waals surface area contributed by atoms with E-state index in [4.69, 9.17) is 4.74 Å². The average Bonchev–Trinajstić information content (AvgIpc) is 3.43. The molecule has 4 N–H and O–H groups in total. The summed E-state index contributed by atoms with van der Waals surface area (Å²) in [4.78, 5) is 13.8. The second-order valence-corrected chi connectivity index (χ2v) is 7.98. The molecule has 0 bridgehead atoms. The van der Waals surface area contributed by atoms with Crippen molar-refractivity contribution in [1.29, 1.82) is 0 Å². The molecule has 1 aliphatic rings. The van der Waals surface area contributed by atoms with Gasteiger partial charge in [-0.2, -0.15) is 15.1 Å². The number of ether oxygens (including phenoxy) is 1. The molecule has 0 saturated carbocycles. The number of piperazine rings is 1. The first kappa shape index (κ1) is 21.8. The van der Waals surface area contributed by atoms with E-state index in [1.54, 1.807) is 19.1 Å². The van der Waals surface area contributed by atoms with E-state index in [0.29, 0.717) is 28.7 Å². The molecule has 1 fully saturated rings. The van der Waals surface area contributed by atoms with E-state index in [1.807, 2.05) is 25.1 Å². The topological polar surface area (TPSA) is 107 Å². The lowest BCUT2D eigenvalue weighted by Crippen LogP contribution is -2.43. The molecular weight excluding hydrogens is 442 g/mol. The van der Waals surface area contributed by atoms with Crippen LogP contribution in [0.3, 0.4) is 0 Å². The zero-order valence-electron chi connectivity index (χ0n) is 18.7. The number of rotatable bonds is 6. The molecule has 9 nitrogen and oxygen atoms in total. The monoisotopic (exact) mass is 466 g/mol. The van der Waals surface area contributed by atoms with Crippen molar-refractivity contribution in [3.8, 4) is 11.8 Å². The highest BCUT2D eigenvalue weighted by molar-refractivity contribution is 5.83. The summed E-state index contributed by atoms with van der Waals surface area (Å²) in [5, 5.41) is 13.7. The number of nitrogens with zero attached hydrogens (tertiary/aromatic N) is 4. The fourth-order valence-electron chi connectivity index (χ4n) is 3.89. The summed E-state index contributed by atoms with van der Waals surface area (Å²) < 4.78 is 35.5. The number of aromatic nitrogens is 5. The normalized spacial score (nSPS) is 14.3. The Kier molecular flexibility index (Phi) is 5.84. The van der Waals surface area contributed by atoms with Gasteiger partial charge >= 0.3 is 6.01 Å². The summed E-state index contributed by atoms with van der Waals surface area (Å²) in [7, 11) is 0. The van der Waals surface area contributed by atoms with E-state index < -0.39 is 17.4 Å². The molecule has 34 heavy (non-hydrogen) atoms. The average molecular weight is 466 g/mol. The molecule has 0 atom stereocenters. The van der Waals surface area contributed by atoms with Gasteiger partial charge in [-0.1, -0.05) is 6.08 Å². The molecule has 0 unspecified atom stereocenters. The molecule has 1 aliphatic heterocycles. The Balaban J connectivity index is 1.51. The minimum absolute atomic E-state index is 0.174. The zero-order valence-corrected chi connectivity index (χ0v) is 18.7. The molecule has 11 heteroatoms. The number of anilines is 3. The second kappa shape index (κ2) is 9.10. The lowest BCUT2D eigenvalue weighted by molar-refractivity contribution is 0.385. The first-order valence-electron chi connectivity index (χ1n) is 10.9. The predicted octanol–water partition coefficient (Wildman–Crippen LogP) is 4.25. The van der Waals surface area contributed by atoms with Crippen LogP contribution in [0.1, 0.15) is 18.3 Å². The number of nitrogens with one attached hydrogen (secondary N) is 4. The summed E-state index contributed by atoms with van der Waals surface area (Å²) in [6, 6.07) is 6.20. The van der Waals surface area contributed by atoms with Crippen molar-refractivity contribution < 1.29 is 13.5 Å². The molecule has 1 aromatic carbocycles. The van der Waals surface area contributed by atoms with Gasteiger partial charge in [-0.15, -0.1) is 0 Å². The van der Waals surface area contributed by atoms with Crippen molar-refractivity contribution in [2.45, 2.75) is 13.8 Å². The van der Waals surface area contributed by atoms with Crippen molar-refractivity contribution in [1.82, 2.24) is 30.5 Å². The molecule has 176 valence electrons. The van der Waals surface area contributed by atoms with Crippen molar-refractivity contribution in [2.24, 2.45) is 0 Å². The number of halogens is 2. The second-order valence-electron chi connectivity index (χ2n) is 7.98. The maximum absolute atomic E-state index is 15.1. The smallest absolute Gasteiger partial charge is 0.326 e. The quantitative estimate of drug-likeness (QED) is 0.337. The largest absolute Gasteiger partial charge is 0.418 e. The summed E-state index contributed by atoms with van der Waals surface area (Å²) in [6.45, 7) is 6.71. The molecule has 1 saturated heterocycles. The Labute approximate surface area is 194 Å². The van der Waals surface area contributed by atoms with Crippen LogP contribution in [0.2, 0.25) is 0 Å². The van der Waals surface area contributed by atoms with E-state index in [9.17, 15) is 4.39 Å². The molecule has 0 aliphatic carbocycles. The zero-order chi connectivity index (χ0) is 23.7. The first-order chi connectivity index (χ1) is 16.5. The number of benzene rings is 1. The Morgan fingerprint density at radius 1 is 1.09 bits per heavy atom. The van der Waals surface area contributed by atoms with Gasteiger partial charge in [0.05, 0.1) is 11.2 Å². The van der Waals surface area contributed by atoms with E-state index in [1.165, 1.54) is 6.07 Å². The maximum atomic E-state index is 15.1. The van der Waals surface area contributed by atoms with Crippen LogP contribution in [0, 0.1) is 18.6 Å². The number of hydrogen-bond acceptors (Lipinski definition) is 7. The van der Waals surface area contributed by atoms with Crippen LogP contribution in [0.4, 0.5) is 26.2 Å². The maximum Gasteiger partial charge on any atom is 0.326 e. The summed E-state index contributed by atoms with van der Waals surface area (Å²) in [5.41, 5.74) is 1.88. The van der Waals surface area contributed by atoms with Crippen LogP contribution < -0.4 is 20.3 Å². The predicted molar refractivity (Wildman–Crippen MR) is 127 cm³/mol. The number of fused-ring (bicyclic) bond motifs is 1. The molecule has 0 spiro atoms. The van der Waals surface area contributed by atoms with Crippen molar-refractivity contribution in [3.05, 3.63) is 53.4 Å². The van der Waals surface area contributed by atoms with Crippen molar-refractivity contribution in [2.75, 3.05) is 36.4 Å². The van der Waals surface area contributed by atoms with Gasteiger partial charge in [0, 0.05) is 55.5 Å². The van der Waals surface area contributed by atoms with Gasteiger partial charge in [-0.25, -0.2) is 8.78 Å². The number of aromatic amines is 2. The summed E-state index contributed by atoms with van der Waals surface area (Å²) in [6.07, 6.45) is 3.77. The number of aryl methyl sites for hydroxylation is 1. The van der Waals surface area contributed by atoms with Gasteiger partial charge in [-0.3, -0.25) is 5.10 Å². The Hall–Kier alpha value is -3.99. The van der Waals surface area contributed by atoms with Crippen LogP contribution in [0.15, 0.2) is 30.3 Å². The van der Waals surface area contributed by atoms with Gasteiger partial charge in [0.25, 0.3) is 0 Å². The van der Waals surface area contributed by atoms with E-state index in [0.717, 1.165) is 31.9 Å². The highest BCUT2D eigenvalue weighted by Gasteiger charge is 2.21. The van der Waals surface area contributed by atoms with Gasteiger partial charge in [-0.05, 0) is 26.0 Å². The van der Waals surface area contributed by atoms with Crippen LogP contribution >= 0.6 is 0 Å². The number of H-pyrrole nitrogens is 2. The van der Waals surface area contributed by atoms with E-state index >= 15 is 4.39 Å². The minimum atomic E-state index is -0.846. The fourth-order valence-corrected chi connectivity index (χ4v) is 3.89. The molecule has 4 aromatic rings. The fraction of sp³-hybridized carbons (Fsp3) is 0.261. The molecule has 3 aromatic heterocycles. The van der Waals surface area contributed by atoms with Crippen LogP contribution in [-0.4, -0.2) is 51.3 Å². The van der Waals surface area contributed by atoms with E-state index in [2.05, 4.69) is 40.7 Å². The first-order valence-corrected chi connectivity index (χ1v) is 10.9.